The van der Waals surface area contributed by atoms with Crippen LogP contribution in [-0.2, 0) is 9.53 Å². The van der Waals surface area contributed by atoms with Gasteiger partial charge in [0, 0.05) is 15.7 Å². The largest absolute Gasteiger partial charge is 0.465 e. The second-order valence-corrected chi connectivity index (χ2v) is 5.15. The van der Waals surface area contributed by atoms with Crippen molar-refractivity contribution in [1.82, 2.24) is 0 Å². The van der Waals surface area contributed by atoms with Gasteiger partial charge in [-0.05, 0) is 25.1 Å². The Morgan fingerprint density at radius 1 is 1.53 bits per heavy atom. The van der Waals surface area contributed by atoms with Crippen molar-refractivity contribution in [2.75, 3.05) is 12.4 Å². The van der Waals surface area contributed by atoms with E-state index in [9.17, 15) is 4.79 Å². The molecule has 0 fully saturated rings. The molecule has 1 rings (SSSR count). The Kier molecular flexibility index (Phi) is 6.12. The maximum absolute atomic E-state index is 11.3. The Bertz CT molecular complexity index is 401. The molecule has 17 heavy (non-hydrogen) atoms. The smallest absolute Gasteiger partial charge is 0.323 e. The highest BCUT2D eigenvalue weighted by atomic mass is 35.5. The van der Waals surface area contributed by atoms with E-state index in [0.29, 0.717) is 22.4 Å². The van der Waals surface area contributed by atoms with E-state index < -0.39 is 12.0 Å². The third-order valence-electron chi connectivity index (χ3n) is 1.90. The average Bonchev–Trinajstić information content (AvgIpc) is 2.30. The molecular weight excluding hydrogens is 281 g/mol. The normalized spacial score (nSPS) is 12.2. The van der Waals surface area contributed by atoms with Crippen molar-refractivity contribution in [2.24, 2.45) is 5.73 Å². The highest BCUT2D eigenvalue weighted by Gasteiger charge is 2.15. The summed E-state index contributed by atoms with van der Waals surface area (Å²) in [6, 6.07) is 4.50. The minimum atomic E-state index is -0.657. The van der Waals surface area contributed by atoms with Crippen LogP contribution in [0.4, 0.5) is 0 Å². The molecule has 2 N–H and O–H groups in total. The summed E-state index contributed by atoms with van der Waals surface area (Å²) < 4.78 is 4.81. The highest BCUT2D eigenvalue weighted by Crippen LogP contribution is 2.30. The lowest BCUT2D eigenvalue weighted by molar-refractivity contribution is -0.144. The molecule has 0 radical (unpaired) electrons. The van der Waals surface area contributed by atoms with Gasteiger partial charge in [0.2, 0.25) is 0 Å². The minimum absolute atomic E-state index is 0.328. The minimum Gasteiger partial charge on any atom is -0.465 e. The second kappa shape index (κ2) is 7.11. The van der Waals surface area contributed by atoms with Gasteiger partial charge in [0.05, 0.1) is 11.6 Å². The molecule has 1 unspecified atom stereocenters. The zero-order valence-electron chi connectivity index (χ0n) is 9.28. The van der Waals surface area contributed by atoms with Gasteiger partial charge in [-0.3, -0.25) is 4.79 Å². The van der Waals surface area contributed by atoms with Crippen LogP contribution in [0.1, 0.15) is 6.92 Å². The average molecular weight is 294 g/mol. The molecule has 1 aromatic rings. The maximum Gasteiger partial charge on any atom is 0.323 e. The first-order valence-electron chi connectivity index (χ1n) is 5.04. The van der Waals surface area contributed by atoms with Crippen molar-refractivity contribution in [3.8, 4) is 0 Å². The summed E-state index contributed by atoms with van der Waals surface area (Å²) in [6.07, 6.45) is 0. The molecule has 0 heterocycles. The number of benzene rings is 1. The third kappa shape index (κ3) is 4.76. The van der Waals surface area contributed by atoms with Gasteiger partial charge in [0.1, 0.15) is 6.04 Å². The van der Waals surface area contributed by atoms with Crippen molar-refractivity contribution < 1.29 is 9.53 Å². The predicted octanol–water partition coefficient (Wildman–Crippen LogP) is 2.98. The van der Waals surface area contributed by atoms with Crippen LogP contribution in [0.25, 0.3) is 0 Å². The molecule has 0 saturated carbocycles. The number of esters is 1. The number of ether oxygens (including phenoxy) is 1. The fourth-order valence-electron chi connectivity index (χ4n) is 1.08. The van der Waals surface area contributed by atoms with Crippen LogP contribution in [0.3, 0.4) is 0 Å². The van der Waals surface area contributed by atoms with E-state index in [2.05, 4.69) is 0 Å². The molecule has 94 valence electrons. The first-order valence-corrected chi connectivity index (χ1v) is 6.78. The molecule has 0 aliphatic heterocycles. The van der Waals surface area contributed by atoms with E-state index in [4.69, 9.17) is 33.7 Å². The van der Waals surface area contributed by atoms with E-state index in [1.807, 2.05) is 0 Å². The zero-order chi connectivity index (χ0) is 12.8. The number of hydrogen-bond acceptors (Lipinski definition) is 4. The van der Waals surface area contributed by atoms with Gasteiger partial charge >= 0.3 is 5.97 Å². The number of hydrogen-bond donors (Lipinski definition) is 1. The van der Waals surface area contributed by atoms with Gasteiger partial charge < -0.3 is 10.5 Å². The van der Waals surface area contributed by atoms with Gasteiger partial charge in [-0.1, -0.05) is 23.2 Å². The summed E-state index contributed by atoms with van der Waals surface area (Å²) in [5.74, 6) is -0.00281. The van der Waals surface area contributed by atoms with Crippen LogP contribution in [0, 0.1) is 0 Å². The van der Waals surface area contributed by atoms with Crippen molar-refractivity contribution in [3.63, 3.8) is 0 Å². The number of halogens is 2. The second-order valence-electron chi connectivity index (χ2n) is 3.24. The molecule has 0 bridgehead atoms. The van der Waals surface area contributed by atoms with Gasteiger partial charge in [0.25, 0.3) is 0 Å². The Morgan fingerprint density at radius 3 is 2.88 bits per heavy atom. The van der Waals surface area contributed by atoms with Crippen LogP contribution in [0.5, 0.6) is 0 Å². The SMILES string of the molecule is CCOC(=O)C(N)CSc1cc(Cl)ccc1Cl. The summed E-state index contributed by atoms with van der Waals surface area (Å²) in [5.41, 5.74) is 5.67. The summed E-state index contributed by atoms with van der Waals surface area (Å²) in [6.45, 7) is 2.07. The summed E-state index contributed by atoms with van der Waals surface area (Å²) in [7, 11) is 0. The molecule has 0 aromatic heterocycles. The number of rotatable bonds is 5. The van der Waals surface area contributed by atoms with Crippen molar-refractivity contribution in [1.29, 1.82) is 0 Å². The highest BCUT2D eigenvalue weighted by molar-refractivity contribution is 7.99. The fraction of sp³-hybridized carbons (Fsp3) is 0.364. The summed E-state index contributed by atoms with van der Waals surface area (Å²) >= 11 is 13.2. The van der Waals surface area contributed by atoms with E-state index >= 15 is 0 Å². The van der Waals surface area contributed by atoms with E-state index in [1.165, 1.54) is 11.8 Å². The number of carbonyl (C=O) groups excluding carboxylic acids is 1. The molecule has 0 amide bonds. The first kappa shape index (κ1) is 14.6. The van der Waals surface area contributed by atoms with Crippen LogP contribution >= 0.6 is 35.0 Å². The molecule has 1 atom stereocenters. The molecule has 0 aliphatic carbocycles. The maximum atomic E-state index is 11.3. The first-order chi connectivity index (χ1) is 8.04. The molecule has 1 aromatic carbocycles. The molecule has 3 nitrogen and oxygen atoms in total. The van der Waals surface area contributed by atoms with Crippen molar-refractivity contribution in [3.05, 3.63) is 28.2 Å². The topological polar surface area (TPSA) is 52.3 Å². The predicted molar refractivity (Wildman–Crippen MR) is 71.8 cm³/mol. The lowest BCUT2D eigenvalue weighted by Crippen LogP contribution is -2.34. The Hall–Kier alpha value is -0.420. The molecule has 0 aliphatic rings. The molecular formula is C11H13Cl2NO2S. The van der Waals surface area contributed by atoms with Crippen LogP contribution in [0.2, 0.25) is 10.0 Å². The Labute approximate surface area is 115 Å². The van der Waals surface area contributed by atoms with E-state index in [-0.39, 0.29) is 0 Å². The summed E-state index contributed by atoms with van der Waals surface area (Å²) in [4.78, 5) is 12.1. The Balaban J connectivity index is 2.55. The van der Waals surface area contributed by atoms with Crippen LogP contribution in [0.15, 0.2) is 23.1 Å². The molecule has 6 heteroatoms. The number of nitrogens with two attached hydrogens (primary N) is 1. The van der Waals surface area contributed by atoms with Crippen LogP contribution in [-0.4, -0.2) is 24.4 Å². The van der Waals surface area contributed by atoms with Crippen molar-refractivity contribution >= 4 is 40.9 Å². The third-order valence-corrected chi connectivity index (χ3v) is 3.75. The summed E-state index contributed by atoms with van der Waals surface area (Å²) in [5, 5.41) is 1.19. The van der Waals surface area contributed by atoms with Gasteiger partial charge in [-0.2, -0.15) is 0 Å². The van der Waals surface area contributed by atoms with Gasteiger partial charge in [-0.25, -0.2) is 0 Å². The Morgan fingerprint density at radius 2 is 2.24 bits per heavy atom. The number of thioether (sulfide) groups is 1. The zero-order valence-corrected chi connectivity index (χ0v) is 11.6. The monoisotopic (exact) mass is 293 g/mol. The van der Waals surface area contributed by atoms with Crippen LogP contribution < -0.4 is 5.73 Å². The van der Waals surface area contributed by atoms with Gasteiger partial charge in [-0.15, -0.1) is 11.8 Å². The molecule has 0 saturated heterocycles. The fourth-order valence-corrected chi connectivity index (χ4v) is 2.51. The van der Waals surface area contributed by atoms with Crippen molar-refractivity contribution in [2.45, 2.75) is 17.9 Å². The lowest BCUT2D eigenvalue weighted by Gasteiger charge is -2.10. The lowest BCUT2D eigenvalue weighted by atomic mass is 10.4. The van der Waals surface area contributed by atoms with Gasteiger partial charge in [0.15, 0.2) is 0 Å². The number of carbonyl (C=O) groups is 1. The quantitative estimate of drug-likeness (QED) is 0.670. The van der Waals surface area contributed by atoms with E-state index in [0.717, 1.165) is 4.90 Å². The molecule has 0 spiro atoms. The standard InChI is InChI=1S/C11H13Cl2NO2S/c1-2-16-11(15)9(14)6-17-10-5-7(12)3-4-8(10)13/h3-5,9H,2,6,14H2,1H3. The van der Waals surface area contributed by atoms with E-state index in [1.54, 1.807) is 25.1 Å².